The van der Waals surface area contributed by atoms with Gasteiger partial charge in [0.15, 0.2) is 0 Å². The summed E-state index contributed by atoms with van der Waals surface area (Å²) in [7, 11) is 1.39. The molecule has 0 radical (unpaired) electrons. The van der Waals surface area contributed by atoms with Crippen LogP contribution in [0.3, 0.4) is 0 Å². The number of methoxy groups -OCH3 is 1. The average Bonchev–Trinajstić information content (AvgIpc) is 2.94. The summed E-state index contributed by atoms with van der Waals surface area (Å²) in [5, 5.41) is -0.346. The largest absolute Gasteiger partial charge is 0.469 e. The highest BCUT2D eigenvalue weighted by Gasteiger charge is 2.45. The monoisotopic (exact) mass is 378 g/mol. The Morgan fingerprint density at radius 1 is 1.12 bits per heavy atom. The fourth-order valence-electron chi connectivity index (χ4n) is 3.37. The van der Waals surface area contributed by atoms with Crippen molar-refractivity contribution >= 4 is 23.7 Å². The van der Waals surface area contributed by atoms with E-state index in [1.54, 1.807) is 0 Å². The molecule has 26 heavy (non-hydrogen) atoms. The Morgan fingerprint density at radius 3 is 2.50 bits per heavy atom. The highest BCUT2D eigenvalue weighted by Crippen LogP contribution is 2.40. The van der Waals surface area contributed by atoms with Crippen LogP contribution in [-0.2, 0) is 19.1 Å². The Kier molecular flexibility index (Phi) is 9.02. The molecule has 1 aromatic carbocycles. The van der Waals surface area contributed by atoms with Crippen molar-refractivity contribution in [2.45, 2.75) is 74.5 Å². The van der Waals surface area contributed by atoms with Crippen molar-refractivity contribution in [2.24, 2.45) is 5.92 Å². The van der Waals surface area contributed by atoms with Gasteiger partial charge in [-0.25, -0.2) is 0 Å². The Labute approximate surface area is 161 Å². The molecule has 1 heterocycles. The summed E-state index contributed by atoms with van der Waals surface area (Å²) in [6.45, 7) is 2.21. The van der Waals surface area contributed by atoms with E-state index in [1.165, 1.54) is 44.6 Å². The predicted octanol–water partition coefficient (Wildman–Crippen LogP) is 5.00. The molecule has 0 unspecified atom stereocenters. The molecule has 2 rings (SSSR count). The molecule has 0 aliphatic carbocycles. The molecule has 0 aromatic heterocycles. The lowest BCUT2D eigenvalue weighted by Crippen LogP contribution is -2.26. The van der Waals surface area contributed by atoms with Crippen LogP contribution in [0, 0.1) is 5.92 Å². The van der Waals surface area contributed by atoms with Gasteiger partial charge in [0, 0.05) is 10.8 Å². The van der Waals surface area contributed by atoms with Gasteiger partial charge in [-0.1, -0.05) is 57.2 Å². The summed E-state index contributed by atoms with van der Waals surface area (Å²) in [5.74, 6) is -0.612. The highest BCUT2D eigenvalue weighted by molar-refractivity contribution is 8.00. The molecule has 1 aliphatic rings. The summed E-state index contributed by atoms with van der Waals surface area (Å²) in [6, 6.07) is 9.81. The van der Waals surface area contributed by atoms with Crippen LogP contribution in [-0.4, -0.2) is 30.4 Å². The molecule has 0 spiro atoms. The number of carbonyl (C=O) groups is 2. The van der Waals surface area contributed by atoms with Crippen molar-refractivity contribution in [1.29, 1.82) is 0 Å². The van der Waals surface area contributed by atoms with Crippen LogP contribution in [0.1, 0.15) is 58.3 Å². The Morgan fingerprint density at radius 2 is 1.81 bits per heavy atom. The van der Waals surface area contributed by atoms with Crippen LogP contribution >= 0.6 is 11.8 Å². The summed E-state index contributed by atoms with van der Waals surface area (Å²) in [4.78, 5) is 25.3. The van der Waals surface area contributed by atoms with Crippen LogP contribution in [0.15, 0.2) is 35.2 Å². The number of esters is 2. The molecular formula is C21H30O4S. The zero-order chi connectivity index (χ0) is 18.8. The minimum Gasteiger partial charge on any atom is -0.469 e. The van der Waals surface area contributed by atoms with E-state index >= 15 is 0 Å². The highest BCUT2D eigenvalue weighted by atomic mass is 32.2. The van der Waals surface area contributed by atoms with E-state index in [1.807, 2.05) is 30.3 Å². The van der Waals surface area contributed by atoms with E-state index in [0.29, 0.717) is 0 Å². The number of unbranched alkanes of at least 4 members (excludes halogenated alkanes) is 5. The second kappa shape index (κ2) is 11.3. The Hall–Kier alpha value is -1.49. The van der Waals surface area contributed by atoms with Gasteiger partial charge in [-0.2, -0.15) is 0 Å². The minimum atomic E-state index is -0.346. The summed E-state index contributed by atoms with van der Waals surface area (Å²) >= 11 is 1.49. The molecule has 0 saturated carbocycles. The van der Waals surface area contributed by atoms with Crippen molar-refractivity contribution < 1.29 is 19.1 Å². The maximum Gasteiger partial charge on any atom is 0.320 e. The normalized spacial score (nSPS) is 22.2. The molecule has 0 amide bonds. The standard InChI is InChI=1S/C21H30O4S/c1-3-4-5-6-7-11-14-18-17(15-19(22)24-2)20(21(23)25-18)26-16-12-9-8-10-13-16/h8-10,12-13,17-18,20H,3-7,11,14-15H2,1-2H3/t17-,18-,20+/m0/s1. The molecule has 1 aliphatic heterocycles. The molecule has 0 bridgehead atoms. The first-order valence-corrected chi connectivity index (χ1v) is 10.5. The quantitative estimate of drug-likeness (QED) is 0.400. The van der Waals surface area contributed by atoms with Gasteiger partial charge in [-0.3, -0.25) is 9.59 Å². The SMILES string of the molecule is CCCCCCCC[C@@H]1OC(=O)[C@H](Sc2ccccc2)[C@H]1CC(=O)OC. The van der Waals surface area contributed by atoms with E-state index in [9.17, 15) is 9.59 Å². The molecule has 0 N–H and O–H groups in total. The first-order valence-electron chi connectivity index (χ1n) is 9.64. The van der Waals surface area contributed by atoms with Gasteiger partial charge in [0.2, 0.25) is 0 Å². The topological polar surface area (TPSA) is 52.6 Å². The summed E-state index contributed by atoms with van der Waals surface area (Å²) in [6.07, 6.45) is 8.04. The molecule has 1 saturated heterocycles. The fraction of sp³-hybridized carbons (Fsp3) is 0.619. The van der Waals surface area contributed by atoms with Crippen LogP contribution in [0.25, 0.3) is 0 Å². The Bertz CT molecular complexity index is 560. The van der Waals surface area contributed by atoms with Crippen molar-refractivity contribution in [3.8, 4) is 0 Å². The Balaban J connectivity index is 1.95. The molecule has 5 heteroatoms. The van der Waals surface area contributed by atoms with Crippen molar-refractivity contribution in [1.82, 2.24) is 0 Å². The van der Waals surface area contributed by atoms with Crippen LogP contribution < -0.4 is 0 Å². The van der Waals surface area contributed by atoms with Crippen LogP contribution in [0.2, 0.25) is 0 Å². The number of ether oxygens (including phenoxy) is 2. The van der Waals surface area contributed by atoms with Gasteiger partial charge >= 0.3 is 11.9 Å². The van der Waals surface area contributed by atoms with E-state index in [0.717, 1.165) is 24.2 Å². The van der Waals surface area contributed by atoms with Gasteiger partial charge in [0.25, 0.3) is 0 Å². The zero-order valence-corrected chi connectivity index (χ0v) is 16.6. The van der Waals surface area contributed by atoms with Crippen molar-refractivity contribution in [2.75, 3.05) is 7.11 Å². The smallest absolute Gasteiger partial charge is 0.320 e. The lowest BCUT2D eigenvalue weighted by molar-refractivity contribution is -0.144. The predicted molar refractivity (Wildman–Crippen MR) is 104 cm³/mol. The summed E-state index contributed by atoms with van der Waals surface area (Å²) < 4.78 is 10.5. The lowest BCUT2D eigenvalue weighted by Gasteiger charge is -2.19. The number of hydrogen-bond donors (Lipinski definition) is 0. The zero-order valence-electron chi connectivity index (χ0n) is 15.8. The first-order chi connectivity index (χ1) is 12.7. The molecule has 144 valence electrons. The fourth-order valence-corrected chi connectivity index (χ4v) is 4.57. The van der Waals surface area contributed by atoms with Crippen molar-refractivity contribution in [3.63, 3.8) is 0 Å². The third kappa shape index (κ3) is 6.35. The number of benzene rings is 1. The first kappa shape index (κ1) is 20.8. The average molecular weight is 379 g/mol. The van der Waals surface area contributed by atoms with Gasteiger partial charge in [-0.05, 0) is 25.0 Å². The number of hydrogen-bond acceptors (Lipinski definition) is 5. The third-order valence-electron chi connectivity index (χ3n) is 4.84. The van der Waals surface area contributed by atoms with Gasteiger partial charge < -0.3 is 9.47 Å². The van der Waals surface area contributed by atoms with E-state index in [4.69, 9.17) is 9.47 Å². The van der Waals surface area contributed by atoms with E-state index in [2.05, 4.69) is 6.92 Å². The minimum absolute atomic E-state index is 0.129. The molecule has 3 atom stereocenters. The number of carbonyl (C=O) groups excluding carboxylic acids is 2. The molecule has 1 aromatic rings. The second-order valence-electron chi connectivity index (χ2n) is 6.83. The molecule has 4 nitrogen and oxygen atoms in total. The number of thioether (sulfide) groups is 1. The van der Waals surface area contributed by atoms with Crippen LogP contribution in [0.4, 0.5) is 0 Å². The van der Waals surface area contributed by atoms with Crippen LogP contribution in [0.5, 0.6) is 0 Å². The summed E-state index contributed by atoms with van der Waals surface area (Å²) in [5.41, 5.74) is 0. The number of rotatable bonds is 11. The van der Waals surface area contributed by atoms with Gasteiger partial charge in [0.1, 0.15) is 11.4 Å². The molecular weight excluding hydrogens is 348 g/mol. The van der Waals surface area contributed by atoms with E-state index < -0.39 is 0 Å². The van der Waals surface area contributed by atoms with Gasteiger partial charge in [0.05, 0.1) is 13.5 Å². The maximum atomic E-state index is 12.4. The maximum absolute atomic E-state index is 12.4. The van der Waals surface area contributed by atoms with Crippen molar-refractivity contribution in [3.05, 3.63) is 30.3 Å². The third-order valence-corrected chi connectivity index (χ3v) is 6.19. The lowest BCUT2D eigenvalue weighted by atomic mass is 9.93. The molecule has 1 fully saturated rings. The number of cyclic esters (lactones) is 1. The van der Waals surface area contributed by atoms with E-state index in [-0.39, 0.29) is 35.6 Å². The van der Waals surface area contributed by atoms with Gasteiger partial charge in [-0.15, -0.1) is 11.8 Å². The second-order valence-corrected chi connectivity index (χ2v) is 8.04.